The molecule has 0 aromatic rings. The Kier molecular flexibility index (Phi) is 4.52. The highest BCUT2D eigenvalue weighted by molar-refractivity contribution is 5.67. The van der Waals surface area contributed by atoms with Crippen LogP contribution >= 0.6 is 0 Å². The molecular formula is C8H16N2O4. The number of nitrogens with two attached hydrogens (primary N) is 2. The summed E-state index contributed by atoms with van der Waals surface area (Å²) in [5.74, 6) is -2.92. The lowest BCUT2D eigenvalue weighted by atomic mass is 10.2. The SMILES string of the molecule is CCC(OC(C)=O)C(N)(N)OC(C)=O. The number of hydrogen-bond donors (Lipinski definition) is 2. The lowest BCUT2D eigenvalue weighted by Crippen LogP contribution is -2.62. The quantitative estimate of drug-likeness (QED) is 0.471. The molecule has 6 nitrogen and oxygen atoms in total. The van der Waals surface area contributed by atoms with Gasteiger partial charge < -0.3 is 9.47 Å². The van der Waals surface area contributed by atoms with E-state index in [9.17, 15) is 9.59 Å². The van der Waals surface area contributed by atoms with Gasteiger partial charge in [0.15, 0.2) is 6.10 Å². The third-order valence-corrected chi connectivity index (χ3v) is 1.50. The molecule has 0 heterocycles. The molecule has 0 saturated heterocycles. The van der Waals surface area contributed by atoms with E-state index < -0.39 is 23.9 Å². The van der Waals surface area contributed by atoms with Crippen molar-refractivity contribution in [1.82, 2.24) is 0 Å². The predicted molar refractivity (Wildman–Crippen MR) is 48.7 cm³/mol. The molecule has 0 amide bonds. The van der Waals surface area contributed by atoms with Crippen LogP contribution in [0.4, 0.5) is 0 Å². The summed E-state index contributed by atoms with van der Waals surface area (Å²) in [5.41, 5.74) is 11.0. The van der Waals surface area contributed by atoms with Gasteiger partial charge in [-0.1, -0.05) is 6.92 Å². The smallest absolute Gasteiger partial charge is 0.305 e. The van der Waals surface area contributed by atoms with Crippen LogP contribution in [-0.2, 0) is 19.1 Å². The molecule has 0 rings (SSSR count). The van der Waals surface area contributed by atoms with Gasteiger partial charge in [-0.15, -0.1) is 0 Å². The van der Waals surface area contributed by atoms with Gasteiger partial charge in [0.2, 0.25) is 0 Å². The number of carbonyl (C=O) groups excluding carboxylic acids is 2. The van der Waals surface area contributed by atoms with Gasteiger partial charge in [0.05, 0.1) is 0 Å². The number of hydrogen-bond acceptors (Lipinski definition) is 6. The first-order valence-corrected chi connectivity index (χ1v) is 4.24. The second-order valence-electron chi connectivity index (χ2n) is 2.95. The zero-order chi connectivity index (χ0) is 11.4. The minimum Gasteiger partial charge on any atom is -0.455 e. The van der Waals surface area contributed by atoms with E-state index in [1.54, 1.807) is 6.92 Å². The van der Waals surface area contributed by atoms with Crippen LogP contribution in [0.25, 0.3) is 0 Å². The highest BCUT2D eigenvalue weighted by Gasteiger charge is 2.35. The molecule has 6 heteroatoms. The van der Waals surface area contributed by atoms with Gasteiger partial charge in [0, 0.05) is 13.8 Å². The average molecular weight is 204 g/mol. The second kappa shape index (κ2) is 4.92. The molecule has 0 aliphatic heterocycles. The topological polar surface area (TPSA) is 105 Å². The van der Waals surface area contributed by atoms with Gasteiger partial charge in [0.1, 0.15) is 0 Å². The highest BCUT2D eigenvalue weighted by Crippen LogP contribution is 2.11. The first-order chi connectivity index (χ1) is 6.29. The van der Waals surface area contributed by atoms with Crippen LogP contribution in [0.2, 0.25) is 0 Å². The van der Waals surface area contributed by atoms with Crippen molar-refractivity contribution in [1.29, 1.82) is 0 Å². The molecule has 14 heavy (non-hydrogen) atoms. The second-order valence-corrected chi connectivity index (χ2v) is 2.95. The maximum Gasteiger partial charge on any atom is 0.305 e. The lowest BCUT2D eigenvalue weighted by Gasteiger charge is -2.31. The van der Waals surface area contributed by atoms with E-state index in [1.165, 1.54) is 13.8 Å². The van der Waals surface area contributed by atoms with E-state index in [1.807, 2.05) is 0 Å². The first-order valence-electron chi connectivity index (χ1n) is 4.24. The summed E-state index contributed by atoms with van der Waals surface area (Å²) in [6.07, 6.45) is -0.483. The van der Waals surface area contributed by atoms with E-state index in [4.69, 9.17) is 16.2 Å². The van der Waals surface area contributed by atoms with Gasteiger partial charge in [-0.2, -0.15) is 0 Å². The van der Waals surface area contributed by atoms with Crippen LogP contribution in [0, 0.1) is 0 Å². The van der Waals surface area contributed by atoms with E-state index in [2.05, 4.69) is 4.74 Å². The van der Waals surface area contributed by atoms with Gasteiger partial charge in [-0.3, -0.25) is 21.1 Å². The molecule has 0 aliphatic rings. The average Bonchev–Trinajstić information content (AvgIpc) is 1.96. The fourth-order valence-corrected chi connectivity index (χ4v) is 1.01. The Morgan fingerprint density at radius 1 is 1.29 bits per heavy atom. The van der Waals surface area contributed by atoms with E-state index in [-0.39, 0.29) is 0 Å². The number of esters is 2. The fraction of sp³-hybridized carbons (Fsp3) is 0.750. The minimum atomic E-state index is -1.77. The van der Waals surface area contributed by atoms with Crippen molar-refractivity contribution in [2.45, 2.75) is 39.1 Å². The monoisotopic (exact) mass is 204 g/mol. The first kappa shape index (κ1) is 12.9. The Labute approximate surface area is 82.5 Å². The molecule has 0 bridgehead atoms. The number of carbonyl (C=O) groups is 2. The normalized spacial score (nSPS) is 13.2. The molecule has 0 spiro atoms. The highest BCUT2D eigenvalue weighted by atomic mass is 16.6. The van der Waals surface area contributed by atoms with Crippen LogP contribution < -0.4 is 11.5 Å². The van der Waals surface area contributed by atoms with E-state index >= 15 is 0 Å². The van der Waals surface area contributed by atoms with Crippen LogP contribution in [0.15, 0.2) is 0 Å². The Morgan fingerprint density at radius 3 is 2.07 bits per heavy atom. The van der Waals surface area contributed by atoms with Gasteiger partial charge in [-0.25, -0.2) is 0 Å². The molecule has 1 unspecified atom stereocenters. The van der Waals surface area contributed by atoms with Crippen molar-refractivity contribution in [3.05, 3.63) is 0 Å². The Hall–Kier alpha value is -1.14. The number of ether oxygens (including phenoxy) is 2. The van der Waals surface area contributed by atoms with Crippen molar-refractivity contribution in [2.24, 2.45) is 11.5 Å². The molecule has 1 atom stereocenters. The summed E-state index contributed by atoms with van der Waals surface area (Å²) in [6, 6.07) is 0. The fourth-order valence-electron chi connectivity index (χ4n) is 1.01. The summed E-state index contributed by atoms with van der Waals surface area (Å²) in [4.78, 5) is 21.3. The summed E-state index contributed by atoms with van der Waals surface area (Å²) in [5, 5.41) is 0. The molecule has 0 aliphatic carbocycles. The van der Waals surface area contributed by atoms with Crippen molar-refractivity contribution in [2.75, 3.05) is 0 Å². The lowest BCUT2D eigenvalue weighted by molar-refractivity contribution is -0.183. The molecule has 0 saturated carbocycles. The van der Waals surface area contributed by atoms with Gasteiger partial charge in [0.25, 0.3) is 5.85 Å². The maximum absolute atomic E-state index is 10.7. The Morgan fingerprint density at radius 2 is 1.79 bits per heavy atom. The molecule has 4 N–H and O–H groups in total. The van der Waals surface area contributed by atoms with Crippen molar-refractivity contribution in [3.8, 4) is 0 Å². The Bertz CT molecular complexity index is 227. The summed E-state index contributed by atoms with van der Waals surface area (Å²) < 4.78 is 9.43. The number of rotatable bonds is 4. The zero-order valence-electron chi connectivity index (χ0n) is 8.57. The van der Waals surface area contributed by atoms with Crippen LogP contribution in [0.5, 0.6) is 0 Å². The van der Waals surface area contributed by atoms with E-state index in [0.29, 0.717) is 6.42 Å². The third-order valence-electron chi connectivity index (χ3n) is 1.50. The molecule has 0 fully saturated rings. The summed E-state index contributed by atoms with van der Waals surface area (Å²) in [6.45, 7) is 4.12. The zero-order valence-corrected chi connectivity index (χ0v) is 8.57. The molecule has 0 radical (unpaired) electrons. The maximum atomic E-state index is 10.7. The van der Waals surface area contributed by atoms with Crippen LogP contribution in [-0.4, -0.2) is 23.9 Å². The largest absolute Gasteiger partial charge is 0.455 e. The Balaban J connectivity index is 4.47. The molecule has 0 aromatic heterocycles. The third kappa shape index (κ3) is 4.20. The summed E-state index contributed by atoms with van der Waals surface area (Å²) >= 11 is 0. The van der Waals surface area contributed by atoms with Crippen LogP contribution in [0.1, 0.15) is 27.2 Å². The van der Waals surface area contributed by atoms with Gasteiger partial charge in [-0.05, 0) is 6.42 Å². The molecule has 0 aromatic carbocycles. The van der Waals surface area contributed by atoms with Crippen molar-refractivity contribution in [3.63, 3.8) is 0 Å². The van der Waals surface area contributed by atoms with E-state index in [0.717, 1.165) is 0 Å². The van der Waals surface area contributed by atoms with Crippen molar-refractivity contribution < 1.29 is 19.1 Å². The predicted octanol–water partition coefficient (Wildman–Crippen LogP) is -0.538. The molecular weight excluding hydrogens is 188 g/mol. The van der Waals surface area contributed by atoms with Crippen molar-refractivity contribution >= 4 is 11.9 Å². The summed E-state index contributed by atoms with van der Waals surface area (Å²) in [7, 11) is 0. The van der Waals surface area contributed by atoms with Gasteiger partial charge >= 0.3 is 11.9 Å². The molecule has 82 valence electrons. The van der Waals surface area contributed by atoms with Crippen LogP contribution in [0.3, 0.4) is 0 Å². The minimum absolute atomic E-state index is 0.361. The standard InChI is InChI=1S/C8H16N2O4/c1-4-7(13-5(2)11)8(9,10)14-6(3)12/h7H,4,9-10H2,1-3H3.